The summed E-state index contributed by atoms with van der Waals surface area (Å²) in [5.74, 6) is 2.41. The molecule has 48 heavy (non-hydrogen) atoms. The molecule has 228 valence electrons. The van der Waals surface area contributed by atoms with Crippen molar-refractivity contribution in [1.29, 1.82) is 0 Å². The second kappa shape index (κ2) is 10.6. The highest BCUT2D eigenvalue weighted by atomic mass is 16.3. The Bertz CT molecular complexity index is 2430. The van der Waals surface area contributed by atoms with Crippen molar-refractivity contribution in [3.63, 3.8) is 0 Å². The highest BCUT2D eigenvalue weighted by Gasteiger charge is 2.40. The number of aliphatic imine (C=N–C) groups is 2. The maximum absolute atomic E-state index is 6.65. The van der Waals surface area contributed by atoms with E-state index in [0.29, 0.717) is 5.84 Å². The number of para-hydroxylation sites is 2. The predicted molar refractivity (Wildman–Crippen MR) is 194 cm³/mol. The van der Waals surface area contributed by atoms with Gasteiger partial charge in [-0.1, -0.05) is 121 Å². The molecule has 6 aromatic carbocycles. The number of anilines is 3. The molecule has 2 unspecified atom stereocenters. The highest BCUT2D eigenvalue weighted by molar-refractivity contribution is 6.13. The number of hydrogen-bond donors (Lipinski definition) is 2. The number of benzene rings is 6. The van der Waals surface area contributed by atoms with Crippen LogP contribution in [0, 0.1) is 0 Å². The van der Waals surface area contributed by atoms with Gasteiger partial charge in [0.15, 0.2) is 11.6 Å². The van der Waals surface area contributed by atoms with Crippen LogP contribution in [0.2, 0.25) is 0 Å². The standard InChI is InChI=1S/C42H29N5O/c1-3-12-26(13-4-1)39-44-40(27-14-5-2-6-15-27)46-41(45-39)30-17-11-16-28(24-30)29-22-23-36-33(25-29)37-38(48-36)31-18-7-8-19-32(31)42-43-34-20-9-10-21-35(34)47(37)42/h1-25,39,42-43H,(H,44,45,46). The molecule has 0 fully saturated rings. The van der Waals surface area contributed by atoms with Crippen molar-refractivity contribution in [1.82, 2.24) is 5.32 Å². The summed E-state index contributed by atoms with van der Waals surface area (Å²) in [5, 5.41) is 8.46. The van der Waals surface area contributed by atoms with Crippen LogP contribution in [0.5, 0.6) is 0 Å². The zero-order valence-electron chi connectivity index (χ0n) is 25.8. The van der Waals surface area contributed by atoms with Crippen molar-refractivity contribution >= 4 is 39.7 Å². The third kappa shape index (κ3) is 4.19. The molecule has 2 N–H and O–H groups in total. The van der Waals surface area contributed by atoms with Gasteiger partial charge in [-0.3, -0.25) is 0 Å². The molecular formula is C42H29N5O. The Morgan fingerprint density at radius 3 is 2.23 bits per heavy atom. The van der Waals surface area contributed by atoms with Crippen LogP contribution in [0.15, 0.2) is 166 Å². The van der Waals surface area contributed by atoms with Crippen molar-refractivity contribution in [3.8, 4) is 22.5 Å². The van der Waals surface area contributed by atoms with Gasteiger partial charge in [-0.15, -0.1) is 0 Å². The Morgan fingerprint density at radius 1 is 0.604 bits per heavy atom. The van der Waals surface area contributed by atoms with Crippen LogP contribution in [0.25, 0.3) is 33.4 Å². The minimum Gasteiger partial charge on any atom is -0.454 e. The first-order valence-corrected chi connectivity index (χ1v) is 16.2. The molecule has 4 heterocycles. The number of nitrogens with zero attached hydrogens (tertiary/aromatic N) is 3. The van der Waals surface area contributed by atoms with E-state index in [1.807, 2.05) is 36.4 Å². The summed E-state index contributed by atoms with van der Waals surface area (Å²) >= 11 is 0. The zero-order chi connectivity index (χ0) is 31.6. The largest absolute Gasteiger partial charge is 0.454 e. The second-order valence-electron chi connectivity index (χ2n) is 12.3. The molecule has 0 radical (unpaired) electrons. The SMILES string of the molecule is c1ccc(C2=NC(c3ccccc3)NC(c3cccc(-c4ccc5oc6c(c5c4)N4c5ccccc5NC4c4ccccc4-6)c3)=N2)cc1. The van der Waals surface area contributed by atoms with Crippen LogP contribution in [0.1, 0.15) is 34.6 Å². The lowest BCUT2D eigenvalue weighted by Gasteiger charge is -2.32. The Balaban J connectivity index is 1.08. The van der Waals surface area contributed by atoms with Crippen molar-refractivity contribution in [2.24, 2.45) is 9.98 Å². The molecule has 0 saturated heterocycles. The lowest BCUT2D eigenvalue weighted by atomic mass is 9.95. The van der Waals surface area contributed by atoms with E-state index in [0.717, 1.165) is 73.0 Å². The zero-order valence-corrected chi connectivity index (χ0v) is 25.8. The fraction of sp³-hybridized carbons (Fsp3) is 0.0476. The topological polar surface area (TPSA) is 65.2 Å². The van der Waals surface area contributed by atoms with Gasteiger partial charge in [0.05, 0.1) is 17.1 Å². The number of furan rings is 1. The molecule has 10 rings (SSSR count). The molecule has 1 aromatic heterocycles. The van der Waals surface area contributed by atoms with Crippen LogP contribution in [-0.2, 0) is 0 Å². The number of nitrogens with one attached hydrogen (secondary N) is 2. The Kier molecular flexibility index (Phi) is 5.90. The molecule has 0 aliphatic carbocycles. The molecule has 3 aliphatic heterocycles. The van der Waals surface area contributed by atoms with Gasteiger partial charge in [0, 0.05) is 27.6 Å². The smallest absolute Gasteiger partial charge is 0.159 e. The van der Waals surface area contributed by atoms with Crippen LogP contribution in [0.3, 0.4) is 0 Å². The Morgan fingerprint density at radius 2 is 1.33 bits per heavy atom. The molecule has 7 aromatic rings. The van der Waals surface area contributed by atoms with E-state index in [-0.39, 0.29) is 12.3 Å². The van der Waals surface area contributed by atoms with E-state index in [2.05, 4.69) is 131 Å². The summed E-state index contributed by atoms with van der Waals surface area (Å²) in [6.07, 6.45) is -0.258. The summed E-state index contributed by atoms with van der Waals surface area (Å²) in [6, 6.07) is 52.6. The lowest BCUT2D eigenvalue weighted by Crippen LogP contribution is -2.33. The molecule has 2 atom stereocenters. The third-order valence-electron chi connectivity index (χ3n) is 9.48. The predicted octanol–water partition coefficient (Wildman–Crippen LogP) is 9.84. The van der Waals surface area contributed by atoms with Gasteiger partial charge < -0.3 is 20.0 Å². The Hall–Kier alpha value is -6.40. The lowest BCUT2D eigenvalue weighted by molar-refractivity contribution is 0.622. The van der Waals surface area contributed by atoms with Crippen LogP contribution >= 0.6 is 0 Å². The van der Waals surface area contributed by atoms with Gasteiger partial charge >= 0.3 is 0 Å². The fourth-order valence-corrected chi connectivity index (χ4v) is 7.22. The van der Waals surface area contributed by atoms with E-state index >= 15 is 0 Å². The molecule has 6 heteroatoms. The summed E-state index contributed by atoms with van der Waals surface area (Å²) in [5.41, 5.74) is 11.8. The average molecular weight is 620 g/mol. The maximum Gasteiger partial charge on any atom is 0.159 e. The van der Waals surface area contributed by atoms with E-state index in [1.165, 1.54) is 5.56 Å². The summed E-state index contributed by atoms with van der Waals surface area (Å²) < 4.78 is 6.65. The number of rotatable bonds is 4. The van der Waals surface area contributed by atoms with Crippen molar-refractivity contribution in [2.45, 2.75) is 12.3 Å². The second-order valence-corrected chi connectivity index (χ2v) is 12.3. The monoisotopic (exact) mass is 619 g/mol. The quantitative estimate of drug-likeness (QED) is 0.206. The molecule has 6 nitrogen and oxygen atoms in total. The first-order valence-electron chi connectivity index (χ1n) is 16.2. The minimum absolute atomic E-state index is 0.00712. The van der Waals surface area contributed by atoms with Crippen molar-refractivity contribution < 1.29 is 4.42 Å². The fourth-order valence-electron chi connectivity index (χ4n) is 7.22. The molecule has 3 aliphatic rings. The van der Waals surface area contributed by atoms with E-state index in [9.17, 15) is 0 Å². The van der Waals surface area contributed by atoms with Gasteiger partial charge in [-0.25, -0.2) is 9.98 Å². The van der Waals surface area contributed by atoms with E-state index in [1.54, 1.807) is 0 Å². The molecule has 0 amide bonds. The minimum atomic E-state index is -0.251. The molecule has 0 spiro atoms. The van der Waals surface area contributed by atoms with Crippen molar-refractivity contribution in [2.75, 3.05) is 10.2 Å². The number of hydrogen-bond acceptors (Lipinski definition) is 6. The third-order valence-corrected chi connectivity index (χ3v) is 9.48. The number of amidine groups is 2. The van der Waals surface area contributed by atoms with Gasteiger partial charge in [0.1, 0.15) is 23.8 Å². The first kappa shape index (κ1) is 26.8. The molecule has 0 bridgehead atoms. The molecule has 0 saturated carbocycles. The van der Waals surface area contributed by atoms with Crippen LogP contribution in [-0.4, -0.2) is 11.7 Å². The van der Waals surface area contributed by atoms with Gasteiger partial charge in [-0.05, 0) is 47.0 Å². The Labute approximate surface area is 277 Å². The van der Waals surface area contributed by atoms with Gasteiger partial charge in [0.2, 0.25) is 0 Å². The van der Waals surface area contributed by atoms with Crippen LogP contribution in [0.4, 0.5) is 17.1 Å². The van der Waals surface area contributed by atoms with E-state index < -0.39 is 0 Å². The maximum atomic E-state index is 6.65. The van der Waals surface area contributed by atoms with Crippen LogP contribution < -0.4 is 15.5 Å². The van der Waals surface area contributed by atoms with Gasteiger partial charge in [0.25, 0.3) is 0 Å². The first-order chi connectivity index (χ1) is 23.8. The highest BCUT2D eigenvalue weighted by Crippen LogP contribution is 2.57. The van der Waals surface area contributed by atoms with Crippen molar-refractivity contribution in [3.05, 3.63) is 174 Å². The summed E-state index contributed by atoms with van der Waals surface area (Å²) in [6.45, 7) is 0. The summed E-state index contributed by atoms with van der Waals surface area (Å²) in [4.78, 5) is 12.4. The molecular weight excluding hydrogens is 590 g/mol. The average Bonchev–Trinajstić information content (AvgIpc) is 3.74. The van der Waals surface area contributed by atoms with Gasteiger partial charge in [-0.2, -0.15) is 0 Å². The number of fused-ring (bicyclic) bond motifs is 10. The summed E-state index contributed by atoms with van der Waals surface area (Å²) in [7, 11) is 0. The normalized spacial score (nSPS) is 17.3. The van der Waals surface area contributed by atoms with E-state index in [4.69, 9.17) is 14.4 Å².